The minimum absolute atomic E-state index is 0.0320. The van der Waals surface area contributed by atoms with Crippen LogP contribution in [0.15, 0.2) is 18.3 Å². The van der Waals surface area contributed by atoms with E-state index in [2.05, 4.69) is 36.0 Å². The van der Waals surface area contributed by atoms with Crippen LogP contribution in [0.3, 0.4) is 0 Å². The van der Waals surface area contributed by atoms with E-state index in [1.54, 1.807) is 6.20 Å². The molecule has 1 aromatic rings. The number of rotatable bonds is 8. The van der Waals surface area contributed by atoms with E-state index >= 15 is 0 Å². The quantitative estimate of drug-likeness (QED) is 0.769. The zero-order valence-electron chi connectivity index (χ0n) is 13.6. The molecule has 118 valence electrons. The molecule has 0 saturated carbocycles. The summed E-state index contributed by atoms with van der Waals surface area (Å²) in [5.74, 6) is -0.131. The van der Waals surface area contributed by atoms with Crippen molar-refractivity contribution in [2.45, 2.75) is 34.1 Å². The number of nitrogens with one attached hydrogen (secondary N) is 1. The molecule has 0 aliphatic rings. The fourth-order valence-corrected chi connectivity index (χ4v) is 2.14. The van der Waals surface area contributed by atoms with Gasteiger partial charge in [-0.2, -0.15) is 0 Å². The molecule has 0 fully saturated rings. The number of carbonyl (C=O) groups excluding carboxylic acids is 1. The summed E-state index contributed by atoms with van der Waals surface area (Å²) >= 11 is 0. The number of amides is 1. The Hall–Kier alpha value is -1.62. The van der Waals surface area contributed by atoms with Crippen molar-refractivity contribution < 1.29 is 4.79 Å². The Morgan fingerprint density at radius 1 is 1.43 bits per heavy atom. The lowest BCUT2D eigenvalue weighted by Crippen LogP contribution is -2.39. The average Bonchev–Trinajstić information content (AvgIpc) is 2.47. The smallest absolute Gasteiger partial charge is 0.269 e. The van der Waals surface area contributed by atoms with Crippen molar-refractivity contribution >= 4 is 11.6 Å². The molecule has 5 heteroatoms. The molecule has 1 heterocycles. The third-order valence-corrected chi connectivity index (χ3v) is 3.34. The summed E-state index contributed by atoms with van der Waals surface area (Å²) in [5, 5.41) is 2.78. The molecular formula is C16H28N4O. The molecule has 0 radical (unpaired) electrons. The average molecular weight is 292 g/mol. The van der Waals surface area contributed by atoms with Crippen LogP contribution in [0.1, 0.15) is 44.6 Å². The predicted octanol–water partition coefficient (Wildman–Crippen LogP) is 2.03. The lowest BCUT2D eigenvalue weighted by atomic mass is 9.92. The Labute approximate surface area is 127 Å². The minimum Gasteiger partial charge on any atom is -0.371 e. The van der Waals surface area contributed by atoms with E-state index in [0.717, 1.165) is 25.2 Å². The maximum Gasteiger partial charge on any atom is 0.269 e. The van der Waals surface area contributed by atoms with Crippen LogP contribution in [0.2, 0.25) is 0 Å². The maximum absolute atomic E-state index is 11.9. The largest absolute Gasteiger partial charge is 0.371 e. The summed E-state index contributed by atoms with van der Waals surface area (Å²) in [6.07, 6.45) is 2.73. The van der Waals surface area contributed by atoms with Gasteiger partial charge >= 0.3 is 0 Å². The monoisotopic (exact) mass is 292 g/mol. The van der Waals surface area contributed by atoms with E-state index in [1.807, 2.05) is 19.1 Å². The van der Waals surface area contributed by atoms with Gasteiger partial charge in [0, 0.05) is 31.5 Å². The van der Waals surface area contributed by atoms with Crippen LogP contribution in [-0.4, -0.2) is 37.1 Å². The van der Waals surface area contributed by atoms with Gasteiger partial charge in [-0.1, -0.05) is 20.8 Å². The molecule has 0 bridgehead atoms. The molecule has 0 aliphatic carbocycles. The molecule has 0 spiro atoms. The van der Waals surface area contributed by atoms with Crippen LogP contribution in [0.4, 0.5) is 5.69 Å². The van der Waals surface area contributed by atoms with Gasteiger partial charge < -0.3 is 16.0 Å². The molecule has 0 atom stereocenters. The van der Waals surface area contributed by atoms with Crippen molar-refractivity contribution in [1.29, 1.82) is 0 Å². The van der Waals surface area contributed by atoms with Crippen LogP contribution in [-0.2, 0) is 0 Å². The SMILES string of the molecule is CCCN(CC(C)(C)CN)c1ccnc(C(=O)NCC)c1. The molecule has 0 saturated heterocycles. The topological polar surface area (TPSA) is 71.2 Å². The molecule has 21 heavy (non-hydrogen) atoms. The summed E-state index contributed by atoms with van der Waals surface area (Å²) in [5.41, 5.74) is 7.36. The van der Waals surface area contributed by atoms with Gasteiger partial charge in [-0.25, -0.2) is 0 Å². The molecule has 1 amide bonds. The van der Waals surface area contributed by atoms with Crippen molar-refractivity contribution in [2.75, 3.05) is 31.1 Å². The Morgan fingerprint density at radius 2 is 2.14 bits per heavy atom. The van der Waals surface area contributed by atoms with Gasteiger partial charge in [-0.05, 0) is 37.4 Å². The molecular weight excluding hydrogens is 264 g/mol. The van der Waals surface area contributed by atoms with Gasteiger partial charge in [-0.3, -0.25) is 9.78 Å². The third-order valence-electron chi connectivity index (χ3n) is 3.34. The van der Waals surface area contributed by atoms with E-state index in [0.29, 0.717) is 18.8 Å². The zero-order chi connectivity index (χ0) is 15.9. The Balaban J connectivity index is 2.97. The van der Waals surface area contributed by atoms with E-state index < -0.39 is 0 Å². The van der Waals surface area contributed by atoms with Crippen molar-refractivity contribution in [3.63, 3.8) is 0 Å². The van der Waals surface area contributed by atoms with Crippen LogP contribution in [0.25, 0.3) is 0 Å². The zero-order valence-corrected chi connectivity index (χ0v) is 13.6. The number of nitrogens with two attached hydrogens (primary N) is 1. The first-order valence-corrected chi connectivity index (χ1v) is 7.62. The third kappa shape index (κ3) is 5.34. The highest BCUT2D eigenvalue weighted by molar-refractivity contribution is 5.93. The molecule has 1 rings (SSSR count). The summed E-state index contributed by atoms with van der Waals surface area (Å²) in [6, 6.07) is 3.80. The lowest BCUT2D eigenvalue weighted by molar-refractivity contribution is 0.0951. The standard InChI is InChI=1S/C16H28N4O/c1-5-9-20(12-16(3,4)11-17)13-7-8-19-14(10-13)15(21)18-6-2/h7-8,10H,5-6,9,11-12,17H2,1-4H3,(H,18,21). The number of aromatic nitrogens is 1. The summed E-state index contributed by atoms with van der Waals surface area (Å²) in [7, 11) is 0. The number of anilines is 1. The molecule has 1 aromatic heterocycles. The highest BCUT2D eigenvalue weighted by Gasteiger charge is 2.21. The molecule has 5 nitrogen and oxygen atoms in total. The highest BCUT2D eigenvalue weighted by atomic mass is 16.1. The van der Waals surface area contributed by atoms with Crippen LogP contribution < -0.4 is 16.0 Å². The van der Waals surface area contributed by atoms with E-state index in [1.165, 1.54) is 0 Å². The second-order valence-electron chi connectivity index (χ2n) is 6.05. The molecule has 3 N–H and O–H groups in total. The Bertz CT molecular complexity index is 459. The first-order chi connectivity index (χ1) is 9.93. The van der Waals surface area contributed by atoms with Crippen molar-refractivity contribution in [2.24, 2.45) is 11.1 Å². The van der Waals surface area contributed by atoms with Gasteiger partial charge in [0.05, 0.1) is 0 Å². The van der Waals surface area contributed by atoms with Gasteiger partial charge in [0.25, 0.3) is 5.91 Å². The summed E-state index contributed by atoms with van der Waals surface area (Å²) in [4.78, 5) is 18.3. The number of pyridine rings is 1. The first kappa shape index (κ1) is 17.4. The summed E-state index contributed by atoms with van der Waals surface area (Å²) in [6.45, 7) is 11.4. The maximum atomic E-state index is 11.9. The second kappa shape index (κ2) is 7.98. The summed E-state index contributed by atoms with van der Waals surface area (Å²) < 4.78 is 0. The van der Waals surface area contributed by atoms with Gasteiger partial charge in [0.2, 0.25) is 0 Å². The Kier molecular flexibility index (Phi) is 6.62. The van der Waals surface area contributed by atoms with Crippen molar-refractivity contribution in [3.05, 3.63) is 24.0 Å². The second-order valence-corrected chi connectivity index (χ2v) is 6.05. The number of nitrogens with zero attached hydrogens (tertiary/aromatic N) is 2. The predicted molar refractivity (Wildman–Crippen MR) is 87.6 cm³/mol. The first-order valence-electron chi connectivity index (χ1n) is 7.62. The van der Waals surface area contributed by atoms with Gasteiger partial charge in [0.1, 0.15) is 5.69 Å². The molecule has 0 aliphatic heterocycles. The normalized spacial score (nSPS) is 11.3. The fraction of sp³-hybridized carbons (Fsp3) is 0.625. The number of carbonyl (C=O) groups is 1. The lowest BCUT2D eigenvalue weighted by Gasteiger charge is -2.33. The van der Waals surface area contributed by atoms with Crippen molar-refractivity contribution in [3.8, 4) is 0 Å². The van der Waals surface area contributed by atoms with Gasteiger partial charge in [0.15, 0.2) is 0 Å². The van der Waals surface area contributed by atoms with Crippen molar-refractivity contribution in [1.82, 2.24) is 10.3 Å². The fourth-order valence-electron chi connectivity index (χ4n) is 2.14. The van der Waals surface area contributed by atoms with E-state index in [-0.39, 0.29) is 11.3 Å². The highest BCUT2D eigenvalue weighted by Crippen LogP contribution is 2.22. The number of hydrogen-bond acceptors (Lipinski definition) is 4. The molecule has 0 unspecified atom stereocenters. The number of hydrogen-bond donors (Lipinski definition) is 2. The van der Waals surface area contributed by atoms with E-state index in [9.17, 15) is 4.79 Å². The Morgan fingerprint density at radius 3 is 2.71 bits per heavy atom. The van der Waals surface area contributed by atoms with Crippen LogP contribution in [0, 0.1) is 5.41 Å². The van der Waals surface area contributed by atoms with Gasteiger partial charge in [-0.15, -0.1) is 0 Å². The molecule has 0 aromatic carbocycles. The van der Waals surface area contributed by atoms with E-state index in [4.69, 9.17) is 5.73 Å². The van der Waals surface area contributed by atoms with Crippen LogP contribution >= 0.6 is 0 Å². The minimum atomic E-state index is -0.131. The van der Waals surface area contributed by atoms with Crippen LogP contribution in [0.5, 0.6) is 0 Å².